The molecule has 1 unspecified atom stereocenters. The van der Waals surface area contributed by atoms with Gasteiger partial charge >= 0.3 is 0 Å². The molecule has 2 N–H and O–H groups in total. The number of nitrogens with zero attached hydrogens (tertiary/aromatic N) is 2. The second kappa shape index (κ2) is 11.6. The van der Waals surface area contributed by atoms with Crippen molar-refractivity contribution in [2.45, 2.75) is 71.0 Å². The number of fused-ring (bicyclic) bond motifs is 1. The highest BCUT2D eigenvalue weighted by Gasteiger charge is 2.46. The Balaban J connectivity index is 1.73. The number of carbonyl (C=O) groups excluding carboxylic acids is 3. The van der Waals surface area contributed by atoms with Crippen LogP contribution in [0, 0.1) is 11.8 Å². The van der Waals surface area contributed by atoms with Gasteiger partial charge in [-0.15, -0.1) is 0 Å². The van der Waals surface area contributed by atoms with Gasteiger partial charge in [0.25, 0.3) is 0 Å². The molecule has 0 spiro atoms. The SMILES string of the molecule is CC[C@H](NC)C(=O)N[C@H](C(=O)N1CCC2CCCN(CCc3ccccc3)C(=O)[C@@H]21)C(C)C. The van der Waals surface area contributed by atoms with Crippen molar-refractivity contribution in [2.24, 2.45) is 11.8 Å². The largest absolute Gasteiger partial charge is 0.343 e. The molecule has 2 fully saturated rings. The van der Waals surface area contributed by atoms with Gasteiger partial charge in [-0.1, -0.05) is 51.1 Å². The zero-order valence-corrected chi connectivity index (χ0v) is 20.5. The molecule has 0 aliphatic carbocycles. The molecule has 33 heavy (non-hydrogen) atoms. The van der Waals surface area contributed by atoms with Crippen LogP contribution in [0.3, 0.4) is 0 Å². The van der Waals surface area contributed by atoms with Crippen LogP contribution >= 0.6 is 0 Å². The van der Waals surface area contributed by atoms with E-state index in [1.807, 2.05) is 43.9 Å². The fourth-order valence-electron chi connectivity index (χ4n) is 5.18. The van der Waals surface area contributed by atoms with Gasteiger partial charge in [0, 0.05) is 19.6 Å². The Hall–Kier alpha value is -2.41. The monoisotopic (exact) mass is 456 g/mol. The van der Waals surface area contributed by atoms with Gasteiger partial charge < -0.3 is 20.4 Å². The lowest BCUT2D eigenvalue weighted by atomic mass is 9.95. The minimum atomic E-state index is -0.632. The number of carbonyl (C=O) groups is 3. The van der Waals surface area contributed by atoms with Crippen molar-refractivity contribution >= 4 is 17.7 Å². The molecule has 0 bridgehead atoms. The number of hydrogen-bond donors (Lipinski definition) is 2. The number of likely N-dealkylation sites (tertiary alicyclic amines) is 2. The molecule has 2 saturated heterocycles. The van der Waals surface area contributed by atoms with Crippen LogP contribution in [0.2, 0.25) is 0 Å². The van der Waals surface area contributed by atoms with E-state index in [-0.39, 0.29) is 35.6 Å². The number of benzene rings is 1. The Morgan fingerprint density at radius 1 is 1.12 bits per heavy atom. The molecule has 1 aromatic rings. The van der Waals surface area contributed by atoms with Gasteiger partial charge in [0.1, 0.15) is 12.1 Å². The zero-order chi connectivity index (χ0) is 24.0. The summed E-state index contributed by atoms with van der Waals surface area (Å²) in [6, 6.07) is 8.82. The number of rotatable bonds is 9. The topological polar surface area (TPSA) is 81.8 Å². The van der Waals surface area contributed by atoms with Crippen LogP contribution in [-0.2, 0) is 20.8 Å². The summed E-state index contributed by atoms with van der Waals surface area (Å²) in [5.74, 6) is -0.0957. The second-order valence-electron chi connectivity index (χ2n) is 9.71. The van der Waals surface area contributed by atoms with Gasteiger partial charge in [-0.25, -0.2) is 0 Å². The van der Waals surface area contributed by atoms with E-state index in [1.165, 1.54) is 5.56 Å². The van der Waals surface area contributed by atoms with E-state index in [1.54, 1.807) is 11.9 Å². The third kappa shape index (κ3) is 5.94. The Bertz CT molecular complexity index is 809. The Morgan fingerprint density at radius 3 is 2.48 bits per heavy atom. The van der Waals surface area contributed by atoms with Crippen molar-refractivity contribution < 1.29 is 14.4 Å². The molecule has 2 aliphatic heterocycles. The molecule has 182 valence electrons. The molecule has 0 radical (unpaired) electrons. The minimum absolute atomic E-state index is 0.0646. The van der Waals surface area contributed by atoms with E-state index in [4.69, 9.17) is 0 Å². The first kappa shape index (κ1) is 25.2. The summed E-state index contributed by atoms with van der Waals surface area (Å²) in [6.45, 7) is 7.81. The summed E-state index contributed by atoms with van der Waals surface area (Å²) in [4.78, 5) is 43.7. The van der Waals surface area contributed by atoms with Crippen molar-refractivity contribution in [1.29, 1.82) is 0 Å². The fraction of sp³-hybridized carbons (Fsp3) is 0.654. The van der Waals surface area contributed by atoms with Gasteiger partial charge in [0.2, 0.25) is 17.7 Å². The van der Waals surface area contributed by atoms with Crippen LogP contribution in [0.5, 0.6) is 0 Å². The zero-order valence-electron chi connectivity index (χ0n) is 20.5. The summed E-state index contributed by atoms with van der Waals surface area (Å²) in [5.41, 5.74) is 1.21. The Kier molecular flexibility index (Phi) is 8.89. The molecule has 0 aromatic heterocycles. The van der Waals surface area contributed by atoms with E-state index in [9.17, 15) is 14.4 Å². The third-order valence-corrected chi connectivity index (χ3v) is 7.19. The third-order valence-electron chi connectivity index (χ3n) is 7.19. The maximum Gasteiger partial charge on any atom is 0.246 e. The van der Waals surface area contributed by atoms with Crippen molar-refractivity contribution in [2.75, 3.05) is 26.7 Å². The van der Waals surface area contributed by atoms with E-state index in [0.29, 0.717) is 19.5 Å². The summed E-state index contributed by atoms with van der Waals surface area (Å²) in [5, 5.41) is 5.96. The molecular formula is C26H40N4O3. The van der Waals surface area contributed by atoms with Gasteiger partial charge in [0.05, 0.1) is 6.04 Å². The molecule has 2 heterocycles. The average Bonchev–Trinajstić information content (AvgIpc) is 3.17. The summed E-state index contributed by atoms with van der Waals surface area (Å²) < 4.78 is 0. The van der Waals surface area contributed by atoms with Gasteiger partial charge in [-0.05, 0) is 56.6 Å². The van der Waals surface area contributed by atoms with Crippen LogP contribution in [0.1, 0.15) is 52.0 Å². The lowest BCUT2D eigenvalue weighted by Crippen LogP contribution is -2.58. The van der Waals surface area contributed by atoms with E-state index in [0.717, 1.165) is 32.2 Å². The lowest BCUT2D eigenvalue weighted by molar-refractivity contribution is -0.146. The molecule has 3 rings (SSSR count). The summed E-state index contributed by atoms with van der Waals surface area (Å²) in [6.07, 6.45) is 4.23. The highest BCUT2D eigenvalue weighted by molar-refractivity contribution is 5.94. The van der Waals surface area contributed by atoms with Crippen LogP contribution < -0.4 is 10.6 Å². The van der Waals surface area contributed by atoms with Gasteiger partial charge in [-0.2, -0.15) is 0 Å². The maximum absolute atomic E-state index is 13.6. The number of hydrogen-bond acceptors (Lipinski definition) is 4. The quantitative estimate of drug-likeness (QED) is 0.597. The Labute approximate surface area is 198 Å². The molecule has 3 amide bonds. The predicted octanol–water partition coefficient (Wildman–Crippen LogP) is 2.21. The molecular weight excluding hydrogens is 416 g/mol. The van der Waals surface area contributed by atoms with Gasteiger partial charge in [-0.3, -0.25) is 14.4 Å². The Morgan fingerprint density at radius 2 is 1.85 bits per heavy atom. The van der Waals surface area contributed by atoms with Crippen molar-refractivity contribution in [1.82, 2.24) is 20.4 Å². The maximum atomic E-state index is 13.6. The highest BCUT2D eigenvalue weighted by atomic mass is 16.2. The number of nitrogens with one attached hydrogen (secondary N) is 2. The highest BCUT2D eigenvalue weighted by Crippen LogP contribution is 2.33. The van der Waals surface area contributed by atoms with Crippen LogP contribution in [0.4, 0.5) is 0 Å². The van der Waals surface area contributed by atoms with E-state index in [2.05, 4.69) is 22.8 Å². The van der Waals surface area contributed by atoms with Crippen molar-refractivity contribution in [3.05, 3.63) is 35.9 Å². The van der Waals surface area contributed by atoms with E-state index >= 15 is 0 Å². The molecule has 7 nitrogen and oxygen atoms in total. The summed E-state index contributed by atoms with van der Waals surface area (Å²) >= 11 is 0. The van der Waals surface area contributed by atoms with Gasteiger partial charge in [0.15, 0.2) is 0 Å². The molecule has 7 heteroatoms. The molecule has 2 aliphatic rings. The van der Waals surface area contributed by atoms with Crippen LogP contribution in [-0.4, -0.2) is 72.3 Å². The number of likely N-dealkylation sites (N-methyl/N-ethyl adjacent to an activating group) is 1. The first-order chi connectivity index (χ1) is 15.9. The van der Waals surface area contributed by atoms with Crippen molar-refractivity contribution in [3.8, 4) is 0 Å². The fourth-order valence-corrected chi connectivity index (χ4v) is 5.18. The molecule has 4 atom stereocenters. The van der Waals surface area contributed by atoms with Crippen LogP contribution in [0.15, 0.2) is 30.3 Å². The van der Waals surface area contributed by atoms with Crippen LogP contribution in [0.25, 0.3) is 0 Å². The minimum Gasteiger partial charge on any atom is -0.343 e. The standard InChI is InChI=1S/C26H40N4O3/c1-5-21(27-4)24(31)28-22(18(2)3)25(32)30-17-14-20-12-9-15-29(26(33)23(20)30)16-13-19-10-7-6-8-11-19/h6-8,10-11,18,20-23,27H,5,9,12-17H2,1-4H3,(H,28,31)/t20?,21-,22-,23+/m0/s1. The lowest BCUT2D eigenvalue weighted by Gasteiger charge is -2.34. The first-order valence-corrected chi connectivity index (χ1v) is 12.5. The first-order valence-electron chi connectivity index (χ1n) is 12.5. The number of amides is 3. The average molecular weight is 457 g/mol. The summed E-state index contributed by atoms with van der Waals surface area (Å²) in [7, 11) is 1.75. The van der Waals surface area contributed by atoms with Crippen molar-refractivity contribution in [3.63, 3.8) is 0 Å². The van der Waals surface area contributed by atoms with E-state index < -0.39 is 12.1 Å². The molecule has 1 aromatic carbocycles. The molecule has 0 saturated carbocycles. The predicted molar refractivity (Wildman–Crippen MR) is 129 cm³/mol. The smallest absolute Gasteiger partial charge is 0.246 e. The second-order valence-corrected chi connectivity index (χ2v) is 9.71. The normalized spacial score (nSPS) is 22.6.